The van der Waals surface area contributed by atoms with Crippen LogP contribution in [0.1, 0.15) is 289 Å². The van der Waals surface area contributed by atoms with E-state index in [9.17, 15) is 10.5 Å². The van der Waals surface area contributed by atoms with Crippen LogP contribution in [0.15, 0.2) is 0 Å². The normalized spacial score (nSPS) is 44.5. The fourth-order valence-electron chi connectivity index (χ4n) is 22.7. The molecule has 1 heterocycles. The Morgan fingerprint density at radius 2 is 0.548 bits per heavy atom. The number of fused-ring (bicyclic) bond motifs is 3. The van der Waals surface area contributed by atoms with Crippen LogP contribution in [0.5, 0.6) is 0 Å². The van der Waals surface area contributed by atoms with Gasteiger partial charge < -0.3 is 0 Å². The summed E-state index contributed by atoms with van der Waals surface area (Å²) in [5.74, 6) is 9.42. The molecule has 0 spiro atoms. The summed E-state index contributed by atoms with van der Waals surface area (Å²) in [7, 11) is 0. The molecule has 0 bridgehead atoms. The predicted molar refractivity (Wildman–Crippen MR) is 300 cm³/mol. The van der Waals surface area contributed by atoms with Crippen molar-refractivity contribution in [3.05, 3.63) is 0 Å². The highest BCUT2D eigenvalue weighted by molar-refractivity contribution is 5.09. The molecule has 408 valence electrons. The summed E-state index contributed by atoms with van der Waals surface area (Å²) in [5.41, 5.74) is 0. The first-order chi connectivity index (χ1) is 36.1. The van der Waals surface area contributed by atoms with Crippen molar-refractivity contribution in [1.29, 1.82) is 10.5 Å². The predicted octanol–water partition coefficient (Wildman–Crippen LogP) is 17.4. The Kier molecular flexibility index (Phi) is 17.9. The topological polar surface area (TPSA) is 57.3 Å². The maximum atomic E-state index is 9.86. The summed E-state index contributed by atoms with van der Waals surface area (Å²) < 4.78 is 0. The lowest BCUT2D eigenvalue weighted by atomic mass is 9.62. The zero-order chi connectivity index (χ0) is 49.1. The highest BCUT2D eigenvalue weighted by Crippen LogP contribution is 2.58. The van der Waals surface area contributed by atoms with Gasteiger partial charge in [-0.15, -0.1) is 0 Å². The van der Waals surface area contributed by atoms with Gasteiger partial charge in [-0.05, 0) is 271 Å². The van der Waals surface area contributed by atoms with Crippen LogP contribution in [-0.2, 0) is 0 Å². The van der Waals surface area contributed by atoms with E-state index < -0.39 is 0 Å². The van der Waals surface area contributed by atoms with Crippen molar-refractivity contribution in [2.24, 2.45) is 71.0 Å². The van der Waals surface area contributed by atoms with Crippen molar-refractivity contribution >= 4 is 0 Å². The molecule has 9 unspecified atom stereocenters. The number of hydrogen-bond acceptors (Lipinski definition) is 5. The van der Waals surface area contributed by atoms with Crippen LogP contribution >= 0.6 is 0 Å². The molecular formula is C68H111N5. The number of rotatable bonds is 11. The van der Waals surface area contributed by atoms with Crippen molar-refractivity contribution in [3.63, 3.8) is 0 Å². The van der Waals surface area contributed by atoms with Crippen molar-refractivity contribution in [2.45, 2.75) is 343 Å². The summed E-state index contributed by atoms with van der Waals surface area (Å²) in [6, 6.07) is 13.1. The number of nitriles is 2. The molecule has 0 aromatic carbocycles. The standard InChI is InChI=1S/C68H111N5/c69-46-56-26-25-53(43-57(56)47-70)50-23-21-48(22-24-50)49-27-39-64(40-28-49)73-67-41-33-54(51-29-35-62(36-30-51)71(58-13-5-1-6-14-58)59-15-7-2-8-16-59)44-65(67)66-45-55(34-42-68(66)73)52-31-37-63(38-32-52)72(60-17-9-3-10-18-60)61-19-11-4-12-20-61/h48-68H,1-45H2. The molecule has 0 radical (unpaired) electrons. The minimum absolute atomic E-state index is 0.0187. The zero-order valence-corrected chi connectivity index (χ0v) is 47.2. The quantitative estimate of drug-likeness (QED) is 0.206. The summed E-state index contributed by atoms with van der Waals surface area (Å²) >= 11 is 0. The molecule has 0 amide bonds. The number of hydrogen-bond donors (Lipinski definition) is 0. The van der Waals surface area contributed by atoms with E-state index in [0.29, 0.717) is 5.92 Å². The summed E-state index contributed by atoms with van der Waals surface area (Å²) in [4.78, 5) is 9.89. The average molecular weight is 999 g/mol. The van der Waals surface area contributed by atoms with Gasteiger partial charge in [-0.25, -0.2) is 0 Å². The molecule has 5 nitrogen and oxygen atoms in total. The fourth-order valence-corrected chi connectivity index (χ4v) is 22.7. The van der Waals surface area contributed by atoms with Crippen molar-refractivity contribution in [2.75, 3.05) is 0 Å². The highest BCUT2D eigenvalue weighted by Gasteiger charge is 2.56. The van der Waals surface area contributed by atoms with Crippen molar-refractivity contribution in [3.8, 4) is 12.1 Å². The van der Waals surface area contributed by atoms with Crippen molar-refractivity contribution in [1.82, 2.24) is 14.7 Å². The van der Waals surface area contributed by atoms with Crippen molar-refractivity contribution < 1.29 is 0 Å². The van der Waals surface area contributed by atoms with Gasteiger partial charge in [-0.3, -0.25) is 14.7 Å². The summed E-state index contributed by atoms with van der Waals surface area (Å²) in [6.45, 7) is 0. The van der Waals surface area contributed by atoms with Crippen LogP contribution in [-0.4, -0.2) is 69.1 Å². The van der Waals surface area contributed by atoms with Crippen LogP contribution in [0, 0.1) is 93.7 Å². The highest BCUT2D eigenvalue weighted by atomic mass is 15.3. The van der Waals surface area contributed by atoms with Gasteiger partial charge in [0.15, 0.2) is 0 Å². The van der Waals surface area contributed by atoms with Crippen LogP contribution in [0.25, 0.3) is 0 Å². The lowest BCUT2D eigenvalue weighted by Crippen LogP contribution is -2.52. The Labute approximate surface area is 449 Å². The fraction of sp³-hybridized carbons (Fsp3) is 0.971. The molecule has 73 heavy (non-hydrogen) atoms. The molecular weight excluding hydrogens is 887 g/mol. The molecule has 0 aromatic heterocycles. The Morgan fingerprint density at radius 1 is 0.260 bits per heavy atom. The van der Waals surface area contributed by atoms with E-state index in [2.05, 4.69) is 26.8 Å². The first-order valence-corrected chi connectivity index (χ1v) is 34.2. The molecule has 5 heteroatoms. The van der Waals surface area contributed by atoms with Gasteiger partial charge in [0.2, 0.25) is 0 Å². The molecule has 12 fully saturated rings. The molecule has 1 aliphatic heterocycles. The van der Waals surface area contributed by atoms with Gasteiger partial charge in [0.05, 0.1) is 24.0 Å². The third-order valence-electron chi connectivity index (χ3n) is 26.3. The zero-order valence-electron chi connectivity index (χ0n) is 47.2. The van der Waals surface area contributed by atoms with Gasteiger partial charge in [-0.2, -0.15) is 10.5 Å². The van der Waals surface area contributed by atoms with Gasteiger partial charge in [0, 0.05) is 54.4 Å². The molecule has 12 aliphatic rings. The lowest BCUT2D eigenvalue weighted by molar-refractivity contribution is 0.00176. The van der Waals surface area contributed by atoms with E-state index in [1.807, 2.05) is 0 Å². The van der Waals surface area contributed by atoms with Gasteiger partial charge in [-0.1, -0.05) is 77.0 Å². The van der Waals surface area contributed by atoms with E-state index in [-0.39, 0.29) is 11.8 Å². The smallest absolute Gasteiger partial charge is 0.0669 e. The third kappa shape index (κ3) is 11.6. The third-order valence-corrected chi connectivity index (χ3v) is 26.3. The Balaban J connectivity index is 0.697. The molecule has 0 aromatic rings. The molecule has 1 saturated heterocycles. The second kappa shape index (κ2) is 24.9. The van der Waals surface area contributed by atoms with Gasteiger partial charge >= 0.3 is 0 Å². The molecule has 12 rings (SSSR count). The Morgan fingerprint density at radius 3 is 0.918 bits per heavy atom. The number of likely N-dealkylation sites (tertiary alicyclic amines) is 1. The van der Waals surface area contributed by atoms with E-state index in [4.69, 9.17) is 0 Å². The van der Waals surface area contributed by atoms with E-state index in [1.165, 1.54) is 212 Å². The molecule has 11 saturated carbocycles. The van der Waals surface area contributed by atoms with Crippen LogP contribution in [0.3, 0.4) is 0 Å². The first kappa shape index (κ1) is 52.6. The molecule has 11 aliphatic carbocycles. The maximum Gasteiger partial charge on any atom is 0.0669 e. The van der Waals surface area contributed by atoms with E-state index in [0.717, 1.165) is 120 Å². The number of nitrogens with zero attached hydrogens (tertiary/aromatic N) is 5. The van der Waals surface area contributed by atoms with E-state index in [1.54, 1.807) is 64.2 Å². The monoisotopic (exact) mass is 998 g/mol. The minimum atomic E-state index is -0.0209. The Bertz CT molecular complexity index is 1640. The second-order valence-corrected chi connectivity index (χ2v) is 29.5. The first-order valence-electron chi connectivity index (χ1n) is 34.2. The van der Waals surface area contributed by atoms with Gasteiger partial charge in [0.25, 0.3) is 0 Å². The second-order valence-electron chi connectivity index (χ2n) is 29.5. The molecule has 9 atom stereocenters. The Hall–Kier alpha value is -1.14. The average Bonchev–Trinajstić information content (AvgIpc) is 3.79. The summed E-state index contributed by atoms with van der Waals surface area (Å²) in [5, 5.41) is 19.5. The van der Waals surface area contributed by atoms with Crippen LogP contribution in [0.2, 0.25) is 0 Å². The van der Waals surface area contributed by atoms with Crippen LogP contribution in [0.4, 0.5) is 0 Å². The lowest BCUT2D eigenvalue weighted by Gasteiger charge is -2.50. The molecule has 0 N–H and O–H groups in total. The SMILES string of the molecule is N#CC1CCC(C2CCC(C3CCC(N4C5CCC(C6CCC(N(C7CCCCC7)C7CCCCC7)CC6)CC5C5CC(C6CCC(N(C7CCCCC7)C7CCCCC7)CC6)CCC54)CC3)CC2)CC1C#N. The maximum absolute atomic E-state index is 9.86. The summed E-state index contributed by atoms with van der Waals surface area (Å²) in [6.07, 6.45) is 66.5. The van der Waals surface area contributed by atoms with Crippen LogP contribution < -0.4 is 0 Å². The van der Waals surface area contributed by atoms with Gasteiger partial charge in [0.1, 0.15) is 0 Å². The van der Waals surface area contributed by atoms with E-state index >= 15 is 0 Å². The largest absolute Gasteiger partial charge is 0.294 e. The minimum Gasteiger partial charge on any atom is -0.294 e.